The Bertz CT molecular complexity index is 1040. The fraction of sp³-hybridized carbons (Fsp3) is 0.200. The van der Waals surface area contributed by atoms with E-state index in [4.69, 9.17) is 0 Å². The largest absolute Gasteiger partial charge is 0.313 e. The molecular formula is C15H15N3O3S2. The van der Waals surface area contributed by atoms with Crippen LogP contribution in [0.4, 0.5) is 0 Å². The molecule has 120 valence electrons. The summed E-state index contributed by atoms with van der Waals surface area (Å²) in [5.74, 6) is 0. The summed E-state index contributed by atoms with van der Waals surface area (Å²) in [6.45, 7) is 3.93. The smallest absolute Gasteiger partial charge is 0.259 e. The molecule has 8 heteroatoms. The van der Waals surface area contributed by atoms with Gasteiger partial charge in [0.15, 0.2) is 0 Å². The van der Waals surface area contributed by atoms with Crippen LogP contribution in [0.5, 0.6) is 0 Å². The number of aromatic amines is 1. The number of hydrogen-bond acceptors (Lipinski definition) is 5. The number of aromatic nitrogens is 2. The second kappa shape index (κ2) is 5.88. The number of aryl methyl sites for hydroxylation is 2. The summed E-state index contributed by atoms with van der Waals surface area (Å²) in [5, 5.41) is 0.470. The van der Waals surface area contributed by atoms with Gasteiger partial charge in [-0.05, 0) is 43.2 Å². The zero-order valence-electron chi connectivity index (χ0n) is 12.6. The van der Waals surface area contributed by atoms with Crippen LogP contribution in [0.3, 0.4) is 0 Å². The van der Waals surface area contributed by atoms with Gasteiger partial charge in [0.1, 0.15) is 4.83 Å². The maximum atomic E-state index is 12.4. The lowest BCUT2D eigenvalue weighted by Gasteiger charge is -2.07. The normalized spacial score (nSPS) is 11.9. The van der Waals surface area contributed by atoms with Crippen molar-refractivity contribution < 1.29 is 8.42 Å². The third kappa shape index (κ3) is 3.19. The summed E-state index contributed by atoms with van der Waals surface area (Å²) in [7, 11) is -3.59. The van der Waals surface area contributed by atoms with Gasteiger partial charge in [-0.2, -0.15) is 0 Å². The molecule has 1 aromatic carbocycles. The van der Waals surface area contributed by atoms with Gasteiger partial charge < -0.3 is 4.98 Å². The number of rotatable bonds is 4. The molecule has 0 aliphatic rings. The molecule has 0 radical (unpaired) electrons. The fourth-order valence-corrected chi connectivity index (χ4v) is 4.25. The van der Waals surface area contributed by atoms with Gasteiger partial charge >= 0.3 is 0 Å². The molecule has 0 saturated heterocycles. The first kappa shape index (κ1) is 15.9. The van der Waals surface area contributed by atoms with Crippen LogP contribution in [0, 0.1) is 13.8 Å². The molecule has 3 aromatic rings. The van der Waals surface area contributed by atoms with Crippen LogP contribution in [-0.2, 0) is 16.6 Å². The number of fused-ring (bicyclic) bond motifs is 1. The predicted molar refractivity (Wildman–Crippen MR) is 90.2 cm³/mol. The molecular weight excluding hydrogens is 334 g/mol. The summed E-state index contributed by atoms with van der Waals surface area (Å²) >= 11 is 1.29. The maximum Gasteiger partial charge on any atom is 0.259 e. The third-order valence-electron chi connectivity index (χ3n) is 3.61. The highest BCUT2D eigenvalue weighted by Crippen LogP contribution is 2.21. The van der Waals surface area contributed by atoms with Crippen molar-refractivity contribution in [2.75, 3.05) is 0 Å². The van der Waals surface area contributed by atoms with E-state index in [9.17, 15) is 13.2 Å². The van der Waals surface area contributed by atoms with E-state index in [0.717, 1.165) is 16.0 Å². The first-order chi connectivity index (χ1) is 10.9. The van der Waals surface area contributed by atoms with E-state index in [1.165, 1.54) is 17.7 Å². The first-order valence-electron chi connectivity index (χ1n) is 6.90. The topological polar surface area (TPSA) is 91.9 Å². The number of benzene rings is 1. The second-order valence-corrected chi connectivity index (χ2v) is 8.12. The summed E-state index contributed by atoms with van der Waals surface area (Å²) in [6, 6.07) is 6.68. The average molecular weight is 349 g/mol. The third-order valence-corrected chi connectivity index (χ3v) is 6.05. The number of nitrogens with zero attached hydrogens (tertiary/aromatic N) is 1. The Morgan fingerprint density at radius 3 is 2.70 bits per heavy atom. The Kier molecular flexibility index (Phi) is 4.05. The molecule has 2 aromatic heterocycles. The van der Waals surface area contributed by atoms with Crippen LogP contribution in [0.25, 0.3) is 10.2 Å². The molecule has 0 spiro atoms. The molecule has 0 amide bonds. The second-order valence-electron chi connectivity index (χ2n) is 5.23. The van der Waals surface area contributed by atoms with E-state index in [1.807, 2.05) is 13.8 Å². The van der Waals surface area contributed by atoms with E-state index < -0.39 is 10.0 Å². The Balaban J connectivity index is 1.84. The summed E-state index contributed by atoms with van der Waals surface area (Å²) in [5.41, 5.74) is 1.73. The fourth-order valence-electron chi connectivity index (χ4n) is 2.13. The van der Waals surface area contributed by atoms with Crippen molar-refractivity contribution in [1.29, 1.82) is 0 Å². The van der Waals surface area contributed by atoms with E-state index in [2.05, 4.69) is 14.7 Å². The number of H-pyrrole nitrogens is 1. The van der Waals surface area contributed by atoms with Gasteiger partial charge in [0.05, 0.1) is 16.6 Å². The van der Waals surface area contributed by atoms with Gasteiger partial charge in [-0.15, -0.1) is 11.3 Å². The van der Waals surface area contributed by atoms with Crippen LogP contribution in [0.1, 0.15) is 16.0 Å². The predicted octanol–water partition coefficient (Wildman–Crippen LogP) is 2.08. The lowest BCUT2D eigenvalue weighted by Crippen LogP contribution is -2.22. The Morgan fingerprint density at radius 1 is 1.22 bits per heavy atom. The van der Waals surface area contributed by atoms with Crippen LogP contribution in [0.15, 0.2) is 40.3 Å². The SMILES string of the molecule is Cc1ccc(S(=O)(=O)NCc2cc3c(=O)[nH]cnc3s2)cc1C. The van der Waals surface area contributed by atoms with Crippen molar-refractivity contribution in [3.63, 3.8) is 0 Å². The average Bonchev–Trinajstić information content (AvgIpc) is 2.93. The van der Waals surface area contributed by atoms with E-state index in [-0.39, 0.29) is 17.0 Å². The van der Waals surface area contributed by atoms with Crippen molar-refractivity contribution >= 4 is 31.6 Å². The highest BCUT2D eigenvalue weighted by Gasteiger charge is 2.15. The molecule has 0 aliphatic heterocycles. The minimum absolute atomic E-state index is 0.121. The first-order valence-corrected chi connectivity index (χ1v) is 9.20. The van der Waals surface area contributed by atoms with Crippen LogP contribution in [0.2, 0.25) is 0 Å². The van der Waals surface area contributed by atoms with Gasteiger partial charge in [-0.3, -0.25) is 4.79 Å². The Labute approximate surface area is 137 Å². The monoisotopic (exact) mass is 349 g/mol. The Morgan fingerprint density at radius 2 is 2.00 bits per heavy atom. The lowest BCUT2D eigenvalue weighted by atomic mass is 10.1. The highest BCUT2D eigenvalue weighted by atomic mass is 32.2. The number of thiophene rings is 1. The zero-order chi connectivity index (χ0) is 16.6. The number of hydrogen-bond donors (Lipinski definition) is 2. The maximum absolute atomic E-state index is 12.4. The summed E-state index contributed by atoms with van der Waals surface area (Å²) in [4.78, 5) is 19.8. The van der Waals surface area contributed by atoms with Crippen molar-refractivity contribution in [3.8, 4) is 0 Å². The molecule has 2 N–H and O–H groups in total. The van der Waals surface area contributed by atoms with Crippen molar-refractivity contribution in [2.24, 2.45) is 0 Å². The minimum atomic E-state index is -3.59. The van der Waals surface area contributed by atoms with Gasteiger partial charge in [-0.25, -0.2) is 18.1 Å². The number of nitrogens with one attached hydrogen (secondary N) is 2. The molecule has 0 atom stereocenters. The highest BCUT2D eigenvalue weighted by molar-refractivity contribution is 7.89. The molecule has 3 rings (SSSR count). The molecule has 0 saturated carbocycles. The van der Waals surface area contributed by atoms with Crippen molar-refractivity contribution in [1.82, 2.24) is 14.7 Å². The Hall–Kier alpha value is -2.03. The van der Waals surface area contributed by atoms with Gasteiger partial charge in [0.2, 0.25) is 10.0 Å². The van der Waals surface area contributed by atoms with E-state index in [1.54, 1.807) is 24.3 Å². The molecule has 23 heavy (non-hydrogen) atoms. The zero-order valence-corrected chi connectivity index (χ0v) is 14.2. The lowest BCUT2D eigenvalue weighted by molar-refractivity contribution is 0.581. The molecule has 0 aliphatic carbocycles. The summed E-state index contributed by atoms with van der Waals surface area (Å²) < 4.78 is 27.3. The molecule has 0 fully saturated rings. The standard InChI is InChI=1S/C15H15N3O3S2/c1-9-3-4-12(5-10(9)2)23(20,21)18-7-11-6-13-14(19)16-8-17-15(13)22-11/h3-6,8,18H,7H2,1-2H3,(H,16,17,19). The van der Waals surface area contributed by atoms with Crippen molar-refractivity contribution in [3.05, 3.63) is 57.0 Å². The van der Waals surface area contributed by atoms with Gasteiger partial charge in [-0.1, -0.05) is 6.07 Å². The van der Waals surface area contributed by atoms with Crippen LogP contribution in [-0.4, -0.2) is 18.4 Å². The van der Waals surface area contributed by atoms with Gasteiger partial charge in [0, 0.05) is 11.4 Å². The minimum Gasteiger partial charge on any atom is -0.313 e. The molecule has 0 bridgehead atoms. The molecule has 2 heterocycles. The number of sulfonamides is 1. The van der Waals surface area contributed by atoms with E-state index >= 15 is 0 Å². The van der Waals surface area contributed by atoms with E-state index in [0.29, 0.717) is 10.2 Å². The van der Waals surface area contributed by atoms with Crippen LogP contribution >= 0.6 is 11.3 Å². The molecule has 0 unspecified atom stereocenters. The summed E-state index contributed by atoms with van der Waals surface area (Å²) in [6.07, 6.45) is 1.34. The van der Waals surface area contributed by atoms with Crippen LogP contribution < -0.4 is 10.3 Å². The quantitative estimate of drug-likeness (QED) is 0.754. The molecule has 6 nitrogen and oxygen atoms in total. The van der Waals surface area contributed by atoms with Gasteiger partial charge in [0.25, 0.3) is 5.56 Å². The van der Waals surface area contributed by atoms with Crippen molar-refractivity contribution in [2.45, 2.75) is 25.3 Å².